The molecular formula is C22H22FN3O2. The average Bonchev–Trinajstić information content (AvgIpc) is 3.22. The number of aromatic amines is 1. The number of nitrogens with one attached hydrogen (secondary N) is 3. The predicted molar refractivity (Wildman–Crippen MR) is 107 cm³/mol. The minimum atomic E-state index is -0.667. The van der Waals surface area contributed by atoms with Gasteiger partial charge in [-0.2, -0.15) is 0 Å². The number of aliphatic hydroxyl groups excluding tert-OH is 1. The first-order chi connectivity index (χ1) is 13.5. The lowest BCUT2D eigenvalue weighted by Crippen LogP contribution is -2.41. The average molecular weight is 379 g/mol. The Balaban J connectivity index is 1.57. The summed E-state index contributed by atoms with van der Waals surface area (Å²) >= 11 is 0. The fourth-order valence-electron chi connectivity index (χ4n) is 3.69. The highest BCUT2D eigenvalue weighted by Crippen LogP contribution is 2.31. The molecule has 3 aromatic rings. The van der Waals surface area contributed by atoms with Gasteiger partial charge < -0.3 is 20.7 Å². The molecule has 0 saturated carbocycles. The standard InChI is InChI=1S/C22H22FN3O2/c1-13-21(19(27)12-24-13)26-20(28)11-10-17-16-4-2-3-5-18(16)25-22(17)14-6-8-15(23)9-7-14/h2-9,19,21,24-25,27H,1,10-12H2,(H,26,28)/t19-,21-/m1/s1. The van der Waals surface area contributed by atoms with Crippen LogP contribution < -0.4 is 10.6 Å². The molecule has 1 fully saturated rings. The van der Waals surface area contributed by atoms with Crippen molar-refractivity contribution in [3.05, 3.63) is 72.2 Å². The first-order valence-electron chi connectivity index (χ1n) is 9.28. The van der Waals surface area contributed by atoms with Gasteiger partial charge in [0.2, 0.25) is 5.91 Å². The maximum Gasteiger partial charge on any atom is 0.220 e. The van der Waals surface area contributed by atoms with Gasteiger partial charge in [-0.25, -0.2) is 4.39 Å². The highest BCUT2D eigenvalue weighted by atomic mass is 19.1. The Morgan fingerprint density at radius 1 is 1.21 bits per heavy atom. The summed E-state index contributed by atoms with van der Waals surface area (Å²) in [7, 11) is 0. The number of aryl methyl sites for hydroxylation is 1. The molecule has 1 aliphatic heterocycles. The van der Waals surface area contributed by atoms with Crippen molar-refractivity contribution in [3.63, 3.8) is 0 Å². The van der Waals surface area contributed by atoms with Crippen molar-refractivity contribution in [2.75, 3.05) is 6.54 Å². The van der Waals surface area contributed by atoms with Gasteiger partial charge in [-0.1, -0.05) is 24.8 Å². The molecule has 1 amide bonds. The smallest absolute Gasteiger partial charge is 0.220 e. The molecule has 4 rings (SSSR count). The maximum atomic E-state index is 13.3. The van der Waals surface area contributed by atoms with Crippen LogP contribution in [0.15, 0.2) is 60.8 Å². The Hall–Kier alpha value is -3.12. The Morgan fingerprint density at radius 3 is 2.68 bits per heavy atom. The number of aliphatic hydroxyl groups is 1. The number of benzene rings is 2. The van der Waals surface area contributed by atoms with Gasteiger partial charge in [0.1, 0.15) is 5.82 Å². The van der Waals surface area contributed by atoms with Crippen LogP contribution in [0.4, 0.5) is 4.39 Å². The van der Waals surface area contributed by atoms with Gasteiger partial charge in [0.05, 0.1) is 12.1 Å². The van der Waals surface area contributed by atoms with E-state index in [4.69, 9.17) is 0 Å². The molecule has 6 heteroatoms. The molecule has 1 saturated heterocycles. The monoisotopic (exact) mass is 379 g/mol. The number of hydrogen-bond donors (Lipinski definition) is 4. The number of hydrogen-bond acceptors (Lipinski definition) is 3. The highest BCUT2D eigenvalue weighted by molar-refractivity contribution is 5.91. The van der Waals surface area contributed by atoms with Crippen LogP contribution in [0.2, 0.25) is 0 Å². The van der Waals surface area contributed by atoms with E-state index in [1.54, 1.807) is 12.1 Å². The van der Waals surface area contributed by atoms with Gasteiger partial charge in [0, 0.05) is 35.3 Å². The minimum absolute atomic E-state index is 0.149. The fourth-order valence-corrected chi connectivity index (χ4v) is 3.69. The number of halogens is 1. The predicted octanol–water partition coefficient (Wildman–Crippen LogP) is 2.87. The van der Waals surface area contributed by atoms with Crippen LogP contribution in [-0.4, -0.2) is 34.7 Å². The second kappa shape index (κ2) is 7.48. The van der Waals surface area contributed by atoms with E-state index in [1.807, 2.05) is 24.3 Å². The first kappa shape index (κ1) is 18.3. The lowest BCUT2D eigenvalue weighted by atomic mass is 10.0. The SMILES string of the molecule is C=C1NC[C@@H](O)[C@@H]1NC(=O)CCc1c(-c2ccc(F)cc2)[nH]c2ccccc12. The van der Waals surface area contributed by atoms with E-state index in [2.05, 4.69) is 22.2 Å². The second-order valence-electron chi connectivity index (χ2n) is 7.05. The van der Waals surface area contributed by atoms with Crippen molar-refractivity contribution in [2.45, 2.75) is 25.0 Å². The van der Waals surface area contributed by atoms with E-state index in [9.17, 15) is 14.3 Å². The van der Waals surface area contributed by atoms with Crippen molar-refractivity contribution in [3.8, 4) is 11.3 Å². The van der Waals surface area contributed by atoms with Crippen LogP contribution >= 0.6 is 0 Å². The van der Waals surface area contributed by atoms with Crippen molar-refractivity contribution in [1.29, 1.82) is 0 Å². The Labute approximate surface area is 162 Å². The van der Waals surface area contributed by atoms with Crippen LogP contribution in [-0.2, 0) is 11.2 Å². The summed E-state index contributed by atoms with van der Waals surface area (Å²) < 4.78 is 13.3. The third-order valence-corrected chi connectivity index (χ3v) is 5.16. The van der Waals surface area contributed by atoms with E-state index >= 15 is 0 Å². The molecule has 0 unspecified atom stereocenters. The van der Waals surface area contributed by atoms with Gasteiger partial charge in [-0.3, -0.25) is 4.79 Å². The molecule has 28 heavy (non-hydrogen) atoms. The molecule has 2 atom stereocenters. The summed E-state index contributed by atoms with van der Waals surface area (Å²) in [6.45, 7) is 4.22. The van der Waals surface area contributed by atoms with E-state index in [0.717, 1.165) is 27.7 Å². The molecule has 0 radical (unpaired) electrons. The van der Waals surface area contributed by atoms with Crippen LogP contribution in [0.25, 0.3) is 22.2 Å². The first-order valence-corrected chi connectivity index (χ1v) is 9.28. The fraction of sp³-hybridized carbons (Fsp3) is 0.227. The van der Waals surface area contributed by atoms with Crippen molar-refractivity contribution < 1.29 is 14.3 Å². The molecule has 2 heterocycles. The molecule has 4 N–H and O–H groups in total. The Morgan fingerprint density at radius 2 is 1.96 bits per heavy atom. The summed E-state index contributed by atoms with van der Waals surface area (Å²) in [5.74, 6) is -0.436. The zero-order chi connectivity index (χ0) is 19.7. The van der Waals surface area contributed by atoms with Crippen molar-refractivity contribution >= 4 is 16.8 Å². The molecule has 2 aromatic carbocycles. The zero-order valence-electron chi connectivity index (χ0n) is 15.3. The number of carbonyl (C=O) groups excluding carboxylic acids is 1. The van der Waals surface area contributed by atoms with Crippen LogP contribution in [0.3, 0.4) is 0 Å². The number of H-pyrrole nitrogens is 1. The molecule has 0 spiro atoms. The molecule has 5 nitrogen and oxygen atoms in total. The number of β-amino-alcohol motifs (C(OH)–C–C–N with tert-alkyl or cyclic N) is 1. The molecule has 1 aromatic heterocycles. The number of aromatic nitrogens is 1. The van der Waals surface area contributed by atoms with Gasteiger partial charge >= 0.3 is 0 Å². The normalized spacial score (nSPS) is 19.0. The minimum Gasteiger partial charge on any atom is -0.389 e. The Bertz CT molecular complexity index is 1030. The Kier molecular flexibility index (Phi) is 4.88. The van der Waals surface area contributed by atoms with Crippen LogP contribution in [0.5, 0.6) is 0 Å². The zero-order valence-corrected chi connectivity index (χ0v) is 15.3. The maximum absolute atomic E-state index is 13.3. The number of rotatable bonds is 5. The van der Waals surface area contributed by atoms with Crippen LogP contribution in [0, 0.1) is 5.82 Å². The molecule has 1 aliphatic rings. The number of amides is 1. The van der Waals surface area contributed by atoms with Crippen LogP contribution in [0.1, 0.15) is 12.0 Å². The number of para-hydroxylation sites is 1. The van der Waals surface area contributed by atoms with Crippen molar-refractivity contribution in [1.82, 2.24) is 15.6 Å². The molecule has 0 bridgehead atoms. The molecule has 144 valence electrons. The number of fused-ring (bicyclic) bond motifs is 1. The largest absolute Gasteiger partial charge is 0.389 e. The van der Waals surface area contributed by atoms with Gasteiger partial charge in [0.15, 0.2) is 0 Å². The van der Waals surface area contributed by atoms with Gasteiger partial charge in [-0.05, 0) is 47.9 Å². The summed E-state index contributed by atoms with van der Waals surface area (Å²) in [5.41, 5.74) is 4.38. The lowest BCUT2D eigenvalue weighted by molar-refractivity contribution is -0.122. The van der Waals surface area contributed by atoms with Gasteiger partial charge in [-0.15, -0.1) is 0 Å². The lowest BCUT2D eigenvalue weighted by Gasteiger charge is -2.16. The number of carbonyl (C=O) groups is 1. The summed E-state index contributed by atoms with van der Waals surface area (Å²) in [4.78, 5) is 15.9. The molecular weight excluding hydrogens is 357 g/mol. The van der Waals surface area contributed by atoms with E-state index in [0.29, 0.717) is 18.7 Å². The summed E-state index contributed by atoms with van der Waals surface area (Å²) in [6.07, 6.45) is 0.122. The van der Waals surface area contributed by atoms with E-state index in [1.165, 1.54) is 12.1 Å². The highest BCUT2D eigenvalue weighted by Gasteiger charge is 2.29. The quantitative estimate of drug-likeness (QED) is 0.551. The summed E-state index contributed by atoms with van der Waals surface area (Å²) in [5, 5.41) is 16.8. The third-order valence-electron chi connectivity index (χ3n) is 5.16. The third kappa shape index (κ3) is 3.51. The van der Waals surface area contributed by atoms with E-state index in [-0.39, 0.29) is 18.1 Å². The summed E-state index contributed by atoms with van der Waals surface area (Å²) in [6, 6.07) is 13.8. The van der Waals surface area contributed by atoms with Gasteiger partial charge in [0.25, 0.3) is 0 Å². The molecule has 0 aliphatic carbocycles. The topological polar surface area (TPSA) is 77.2 Å². The van der Waals surface area contributed by atoms with E-state index < -0.39 is 12.1 Å². The van der Waals surface area contributed by atoms with Crippen molar-refractivity contribution in [2.24, 2.45) is 0 Å². The second-order valence-corrected chi connectivity index (χ2v) is 7.05.